The maximum absolute atomic E-state index is 5.82. The zero-order chi connectivity index (χ0) is 15.6. The third kappa shape index (κ3) is 3.00. The second-order valence-electron chi connectivity index (χ2n) is 6.57. The van der Waals surface area contributed by atoms with Gasteiger partial charge in [0.05, 0.1) is 22.8 Å². The van der Waals surface area contributed by atoms with E-state index in [1.165, 1.54) is 24.1 Å². The van der Waals surface area contributed by atoms with Crippen molar-refractivity contribution in [2.75, 3.05) is 13.2 Å². The Balaban J connectivity index is 1.75. The largest absolute Gasteiger partial charge is 0.378 e. The number of hydrogen-bond acceptors (Lipinski definition) is 4. The van der Waals surface area contributed by atoms with E-state index in [0.717, 1.165) is 61.3 Å². The number of aromatic nitrogens is 3. The monoisotopic (exact) mass is 315 g/mol. The van der Waals surface area contributed by atoms with Gasteiger partial charge >= 0.3 is 0 Å². The molecule has 3 heterocycles. The highest BCUT2D eigenvalue weighted by molar-refractivity contribution is 5.82. The Labute approximate surface area is 136 Å². The average Bonchev–Trinajstić information content (AvgIpc) is 3.22. The SMILES string of the molecule is CCOCc1nc2c3c(nc(C[C@@H]4CCCO4)c2[nH]1)CCCC3. The molecule has 0 bridgehead atoms. The number of rotatable bonds is 5. The van der Waals surface area contributed by atoms with Crippen LogP contribution in [-0.2, 0) is 35.3 Å². The molecule has 2 aromatic heterocycles. The minimum atomic E-state index is 0.311. The molecule has 23 heavy (non-hydrogen) atoms. The molecule has 0 unspecified atom stereocenters. The van der Waals surface area contributed by atoms with E-state index >= 15 is 0 Å². The molecule has 1 atom stereocenters. The number of imidazole rings is 1. The number of hydrogen-bond donors (Lipinski definition) is 1. The number of nitrogens with zero attached hydrogens (tertiary/aromatic N) is 2. The van der Waals surface area contributed by atoms with Crippen molar-refractivity contribution in [2.24, 2.45) is 0 Å². The summed E-state index contributed by atoms with van der Waals surface area (Å²) in [5.41, 5.74) is 5.96. The Kier molecular flexibility index (Phi) is 4.31. The van der Waals surface area contributed by atoms with Crippen LogP contribution in [0, 0.1) is 0 Å². The first-order chi connectivity index (χ1) is 11.3. The summed E-state index contributed by atoms with van der Waals surface area (Å²) in [4.78, 5) is 13.3. The lowest BCUT2D eigenvalue weighted by Crippen LogP contribution is -2.14. The van der Waals surface area contributed by atoms with E-state index in [1.54, 1.807) is 0 Å². The van der Waals surface area contributed by atoms with Crippen molar-refractivity contribution in [1.29, 1.82) is 0 Å². The summed E-state index contributed by atoms with van der Waals surface area (Å²) in [6.45, 7) is 4.14. The molecular formula is C18H25N3O2. The lowest BCUT2D eigenvalue weighted by Gasteiger charge is -2.18. The zero-order valence-electron chi connectivity index (χ0n) is 13.9. The zero-order valence-corrected chi connectivity index (χ0v) is 13.9. The van der Waals surface area contributed by atoms with Crippen LogP contribution in [0.15, 0.2) is 0 Å². The molecule has 0 amide bonds. The highest BCUT2D eigenvalue weighted by atomic mass is 16.5. The van der Waals surface area contributed by atoms with Crippen LogP contribution in [0.1, 0.15) is 55.4 Å². The first-order valence-corrected chi connectivity index (χ1v) is 8.93. The minimum Gasteiger partial charge on any atom is -0.378 e. The quantitative estimate of drug-likeness (QED) is 0.921. The van der Waals surface area contributed by atoms with Gasteiger partial charge in [0, 0.05) is 30.9 Å². The summed E-state index contributed by atoms with van der Waals surface area (Å²) in [7, 11) is 0. The van der Waals surface area contributed by atoms with Crippen molar-refractivity contribution in [2.45, 2.75) is 64.6 Å². The van der Waals surface area contributed by atoms with Crippen LogP contribution >= 0.6 is 0 Å². The Hall–Kier alpha value is -1.46. The molecule has 1 aliphatic heterocycles. The van der Waals surface area contributed by atoms with Crippen LogP contribution in [0.5, 0.6) is 0 Å². The molecule has 1 saturated heterocycles. The summed E-state index contributed by atoms with van der Waals surface area (Å²) < 4.78 is 11.4. The molecule has 1 aliphatic carbocycles. The molecule has 0 spiro atoms. The van der Waals surface area contributed by atoms with Crippen LogP contribution in [0.2, 0.25) is 0 Å². The predicted molar refractivity (Wildman–Crippen MR) is 88.5 cm³/mol. The molecule has 5 heteroatoms. The van der Waals surface area contributed by atoms with E-state index < -0.39 is 0 Å². The van der Waals surface area contributed by atoms with Crippen LogP contribution in [0.25, 0.3) is 11.0 Å². The second kappa shape index (κ2) is 6.57. The maximum atomic E-state index is 5.82. The van der Waals surface area contributed by atoms with E-state index in [4.69, 9.17) is 19.4 Å². The molecule has 0 radical (unpaired) electrons. The van der Waals surface area contributed by atoms with Crippen molar-refractivity contribution >= 4 is 11.0 Å². The molecule has 5 nitrogen and oxygen atoms in total. The number of aryl methyl sites for hydroxylation is 2. The number of H-pyrrole nitrogens is 1. The maximum Gasteiger partial charge on any atom is 0.133 e. The van der Waals surface area contributed by atoms with Gasteiger partial charge in [0.2, 0.25) is 0 Å². The van der Waals surface area contributed by atoms with Gasteiger partial charge in [-0.1, -0.05) is 0 Å². The van der Waals surface area contributed by atoms with Crippen molar-refractivity contribution in [3.63, 3.8) is 0 Å². The van der Waals surface area contributed by atoms with Gasteiger partial charge in [-0.15, -0.1) is 0 Å². The number of pyridine rings is 1. The van der Waals surface area contributed by atoms with Gasteiger partial charge in [0.1, 0.15) is 12.4 Å². The summed E-state index contributed by atoms with van der Waals surface area (Å²) >= 11 is 0. The fourth-order valence-electron chi connectivity index (χ4n) is 3.77. The molecule has 0 aromatic carbocycles. The molecule has 2 aliphatic rings. The highest BCUT2D eigenvalue weighted by Gasteiger charge is 2.23. The second-order valence-corrected chi connectivity index (χ2v) is 6.57. The Bertz CT molecular complexity index is 689. The summed E-state index contributed by atoms with van der Waals surface area (Å²) in [5, 5.41) is 0. The van der Waals surface area contributed by atoms with Crippen molar-refractivity contribution < 1.29 is 9.47 Å². The summed E-state index contributed by atoms with van der Waals surface area (Å²) in [6, 6.07) is 0. The van der Waals surface area contributed by atoms with E-state index in [9.17, 15) is 0 Å². The van der Waals surface area contributed by atoms with Crippen molar-refractivity contribution in [3.05, 3.63) is 22.8 Å². The fraction of sp³-hybridized carbons (Fsp3) is 0.667. The normalized spacial score (nSPS) is 21.0. The topological polar surface area (TPSA) is 60.0 Å². The van der Waals surface area contributed by atoms with Crippen LogP contribution in [0.3, 0.4) is 0 Å². The third-order valence-electron chi connectivity index (χ3n) is 4.92. The van der Waals surface area contributed by atoms with E-state index in [2.05, 4.69) is 4.98 Å². The van der Waals surface area contributed by atoms with Crippen LogP contribution < -0.4 is 0 Å². The van der Waals surface area contributed by atoms with Gasteiger partial charge in [0.25, 0.3) is 0 Å². The van der Waals surface area contributed by atoms with Gasteiger partial charge in [-0.25, -0.2) is 4.98 Å². The molecule has 1 N–H and O–H groups in total. The third-order valence-corrected chi connectivity index (χ3v) is 4.92. The van der Waals surface area contributed by atoms with Gasteiger partial charge < -0.3 is 14.5 Å². The van der Waals surface area contributed by atoms with E-state index in [-0.39, 0.29) is 0 Å². The standard InChI is InChI=1S/C18H25N3O2/c1-2-22-11-16-20-17-13-7-3-4-8-14(13)19-15(18(17)21-16)10-12-6-5-9-23-12/h12H,2-11H2,1H3,(H,20,21)/t12-/m0/s1. The first kappa shape index (κ1) is 15.1. The van der Waals surface area contributed by atoms with Gasteiger partial charge in [-0.3, -0.25) is 4.98 Å². The van der Waals surface area contributed by atoms with Gasteiger partial charge in [-0.05, 0) is 45.4 Å². The molecule has 124 valence electrons. The predicted octanol–water partition coefficient (Wildman–Crippen LogP) is 3.09. The van der Waals surface area contributed by atoms with E-state index in [0.29, 0.717) is 19.3 Å². The minimum absolute atomic E-state index is 0.311. The van der Waals surface area contributed by atoms with Crippen molar-refractivity contribution in [3.8, 4) is 0 Å². The molecule has 4 rings (SSSR count). The highest BCUT2D eigenvalue weighted by Crippen LogP contribution is 2.30. The van der Waals surface area contributed by atoms with Crippen LogP contribution in [-0.4, -0.2) is 34.3 Å². The lowest BCUT2D eigenvalue weighted by molar-refractivity contribution is 0.111. The number of fused-ring (bicyclic) bond motifs is 3. The first-order valence-electron chi connectivity index (χ1n) is 8.93. The number of ether oxygens (including phenoxy) is 2. The molecule has 0 saturated carbocycles. The summed E-state index contributed by atoms with van der Waals surface area (Å²) in [6.07, 6.45) is 8.15. The molecule has 2 aromatic rings. The lowest BCUT2D eigenvalue weighted by atomic mass is 9.94. The average molecular weight is 315 g/mol. The Morgan fingerprint density at radius 1 is 1.22 bits per heavy atom. The Morgan fingerprint density at radius 2 is 2.13 bits per heavy atom. The molecule has 1 fully saturated rings. The van der Waals surface area contributed by atoms with Crippen molar-refractivity contribution in [1.82, 2.24) is 15.0 Å². The Morgan fingerprint density at radius 3 is 2.96 bits per heavy atom. The van der Waals surface area contributed by atoms with Gasteiger partial charge in [-0.2, -0.15) is 0 Å². The molecular weight excluding hydrogens is 290 g/mol. The smallest absolute Gasteiger partial charge is 0.133 e. The van der Waals surface area contributed by atoms with Crippen LogP contribution in [0.4, 0.5) is 0 Å². The fourth-order valence-corrected chi connectivity index (χ4v) is 3.77. The van der Waals surface area contributed by atoms with E-state index in [1.807, 2.05) is 6.92 Å². The van der Waals surface area contributed by atoms with Gasteiger partial charge in [0.15, 0.2) is 0 Å². The number of aromatic amines is 1. The number of nitrogens with one attached hydrogen (secondary N) is 1. The summed E-state index contributed by atoms with van der Waals surface area (Å²) in [5.74, 6) is 0.913.